The van der Waals surface area contributed by atoms with Gasteiger partial charge in [-0.15, -0.1) is 13.2 Å². The SMILES string of the molecule is O=C(Nc1ccncc1)c1ccc(OC(F)F)c2oc3ccc(OC(F)(F)F)cc3c12. The Balaban J connectivity index is 1.89. The molecule has 0 unspecified atom stereocenters. The van der Waals surface area contributed by atoms with Crippen molar-refractivity contribution < 1.29 is 40.6 Å². The Morgan fingerprint density at radius 2 is 1.81 bits per heavy atom. The number of nitrogens with one attached hydrogen (secondary N) is 1. The average molecular weight is 438 g/mol. The molecule has 0 aliphatic heterocycles. The smallest absolute Gasteiger partial charge is 0.452 e. The number of amides is 1. The highest BCUT2D eigenvalue weighted by Gasteiger charge is 2.31. The van der Waals surface area contributed by atoms with Crippen molar-refractivity contribution in [1.82, 2.24) is 4.98 Å². The topological polar surface area (TPSA) is 73.6 Å². The highest BCUT2D eigenvalue weighted by Crippen LogP contribution is 2.40. The van der Waals surface area contributed by atoms with Gasteiger partial charge in [0.2, 0.25) is 0 Å². The van der Waals surface area contributed by atoms with Crippen molar-refractivity contribution in [2.24, 2.45) is 0 Å². The fourth-order valence-electron chi connectivity index (χ4n) is 3.04. The minimum absolute atomic E-state index is 0.00710. The maximum Gasteiger partial charge on any atom is 0.573 e. The summed E-state index contributed by atoms with van der Waals surface area (Å²) in [5, 5.41) is 2.64. The molecule has 0 bridgehead atoms. The molecule has 2 aromatic heterocycles. The van der Waals surface area contributed by atoms with Gasteiger partial charge < -0.3 is 19.2 Å². The Hall–Kier alpha value is -3.89. The van der Waals surface area contributed by atoms with E-state index in [9.17, 15) is 26.7 Å². The quantitative estimate of drug-likeness (QED) is 0.403. The Morgan fingerprint density at radius 3 is 2.48 bits per heavy atom. The van der Waals surface area contributed by atoms with Crippen LogP contribution in [-0.4, -0.2) is 23.9 Å². The molecule has 160 valence electrons. The number of benzene rings is 2. The van der Waals surface area contributed by atoms with E-state index < -0.39 is 24.6 Å². The van der Waals surface area contributed by atoms with Crippen LogP contribution in [0.4, 0.5) is 27.6 Å². The third kappa shape index (κ3) is 4.34. The fraction of sp³-hybridized carbons (Fsp3) is 0.100. The standard InChI is InChI=1S/C20H11F5N2O4/c21-19(22)30-15-4-2-12(18(28)27-10-5-7-26-8-6-10)16-13-9-11(31-20(23,24)25)1-3-14(13)29-17(15)16/h1-9,19H,(H,26,27,28). The van der Waals surface area contributed by atoms with E-state index in [0.29, 0.717) is 5.69 Å². The number of ether oxygens (including phenoxy) is 2. The van der Waals surface area contributed by atoms with Crippen molar-refractivity contribution in [2.45, 2.75) is 13.0 Å². The Kier molecular flexibility index (Phi) is 5.09. The lowest BCUT2D eigenvalue weighted by molar-refractivity contribution is -0.274. The van der Waals surface area contributed by atoms with Gasteiger partial charge in [-0.05, 0) is 42.5 Å². The largest absolute Gasteiger partial charge is 0.573 e. The lowest BCUT2D eigenvalue weighted by Crippen LogP contribution is -2.17. The number of pyridine rings is 1. The first kappa shape index (κ1) is 20.4. The monoisotopic (exact) mass is 438 g/mol. The van der Waals surface area contributed by atoms with Gasteiger partial charge >= 0.3 is 13.0 Å². The summed E-state index contributed by atoms with van der Waals surface area (Å²) in [6, 6.07) is 8.55. The summed E-state index contributed by atoms with van der Waals surface area (Å²) in [4.78, 5) is 16.7. The van der Waals surface area contributed by atoms with E-state index in [1.54, 1.807) is 0 Å². The fourth-order valence-corrected chi connectivity index (χ4v) is 3.04. The molecule has 6 nitrogen and oxygen atoms in total. The number of hydrogen-bond acceptors (Lipinski definition) is 5. The zero-order valence-electron chi connectivity index (χ0n) is 15.2. The maximum atomic E-state index is 12.8. The lowest BCUT2D eigenvalue weighted by atomic mass is 10.0. The van der Waals surface area contributed by atoms with Gasteiger partial charge in [0, 0.05) is 28.9 Å². The van der Waals surface area contributed by atoms with Crippen molar-refractivity contribution in [2.75, 3.05) is 5.32 Å². The maximum absolute atomic E-state index is 12.8. The van der Waals surface area contributed by atoms with Gasteiger partial charge in [0.15, 0.2) is 11.3 Å². The Morgan fingerprint density at radius 1 is 1.06 bits per heavy atom. The zero-order chi connectivity index (χ0) is 22.2. The molecule has 0 saturated carbocycles. The molecule has 0 aliphatic rings. The molecule has 0 aliphatic carbocycles. The average Bonchev–Trinajstić information content (AvgIpc) is 3.07. The molecule has 31 heavy (non-hydrogen) atoms. The predicted molar refractivity (Wildman–Crippen MR) is 99.2 cm³/mol. The first-order valence-electron chi connectivity index (χ1n) is 8.62. The van der Waals surface area contributed by atoms with Crippen LogP contribution in [0.15, 0.2) is 59.3 Å². The Labute approximate surface area is 170 Å². The van der Waals surface area contributed by atoms with E-state index in [-0.39, 0.29) is 33.3 Å². The molecule has 0 atom stereocenters. The van der Waals surface area contributed by atoms with Crippen LogP contribution in [0.3, 0.4) is 0 Å². The molecule has 2 aromatic carbocycles. The number of furan rings is 1. The van der Waals surface area contributed by atoms with Crippen molar-refractivity contribution in [1.29, 1.82) is 0 Å². The van der Waals surface area contributed by atoms with E-state index in [1.807, 2.05) is 0 Å². The third-order valence-corrected chi connectivity index (χ3v) is 4.19. The van der Waals surface area contributed by atoms with Crippen LogP contribution in [0.5, 0.6) is 11.5 Å². The molecule has 11 heteroatoms. The van der Waals surface area contributed by atoms with Crippen LogP contribution in [0, 0.1) is 0 Å². The molecule has 4 rings (SSSR count). The van der Waals surface area contributed by atoms with Gasteiger partial charge in [0.1, 0.15) is 11.3 Å². The highest BCUT2D eigenvalue weighted by molar-refractivity contribution is 6.20. The van der Waals surface area contributed by atoms with Crippen LogP contribution in [0.1, 0.15) is 10.4 Å². The third-order valence-electron chi connectivity index (χ3n) is 4.19. The minimum atomic E-state index is -4.95. The van der Waals surface area contributed by atoms with Crippen molar-refractivity contribution >= 4 is 33.5 Å². The number of hydrogen-bond donors (Lipinski definition) is 1. The van der Waals surface area contributed by atoms with Crippen LogP contribution in [0.2, 0.25) is 0 Å². The number of carbonyl (C=O) groups excluding carboxylic acids is 1. The van der Waals surface area contributed by atoms with E-state index in [0.717, 1.165) is 18.2 Å². The van der Waals surface area contributed by atoms with Gasteiger partial charge in [0.05, 0.1) is 5.56 Å². The molecular formula is C20H11F5N2O4. The van der Waals surface area contributed by atoms with Crippen LogP contribution >= 0.6 is 0 Å². The molecule has 2 heterocycles. The van der Waals surface area contributed by atoms with Gasteiger partial charge in [-0.1, -0.05) is 0 Å². The number of carbonyl (C=O) groups is 1. The number of rotatable bonds is 5. The van der Waals surface area contributed by atoms with Gasteiger partial charge in [-0.2, -0.15) is 8.78 Å². The second kappa shape index (κ2) is 7.74. The minimum Gasteiger partial charge on any atom is -0.452 e. The number of nitrogens with zero attached hydrogens (tertiary/aromatic N) is 1. The summed E-state index contributed by atoms with van der Waals surface area (Å²) in [6.45, 7) is -3.18. The van der Waals surface area contributed by atoms with E-state index in [4.69, 9.17) is 4.42 Å². The van der Waals surface area contributed by atoms with E-state index in [2.05, 4.69) is 19.8 Å². The molecular weight excluding hydrogens is 427 g/mol. The molecule has 1 amide bonds. The molecule has 4 aromatic rings. The van der Waals surface area contributed by atoms with Crippen LogP contribution in [0.25, 0.3) is 21.9 Å². The number of anilines is 1. The van der Waals surface area contributed by atoms with E-state index >= 15 is 0 Å². The summed E-state index contributed by atoms with van der Waals surface area (Å²) in [7, 11) is 0. The van der Waals surface area contributed by atoms with Crippen LogP contribution < -0.4 is 14.8 Å². The molecule has 0 fully saturated rings. The molecule has 1 N–H and O–H groups in total. The van der Waals surface area contributed by atoms with Gasteiger partial charge in [-0.3, -0.25) is 9.78 Å². The summed E-state index contributed by atoms with van der Waals surface area (Å²) in [5.41, 5.74) is 0.195. The number of fused-ring (bicyclic) bond motifs is 3. The summed E-state index contributed by atoms with van der Waals surface area (Å²) >= 11 is 0. The molecule has 0 spiro atoms. The Bertz CT molecular complexity index is 1260. The summed E-state index contributed by atoms with van der Waals surface area (Å²) in [5.74, 6) is -1.59. The van der Waals surface area contributed by atoms with Crippen molar-refractivity contribution in [3.8, 4) is 11.5 Å². The molecule has 0 radical (unpaired) electrons. The van der Waals surface area contributed by atoms with Crippen LogP contribution in [-0.2, 0) is 0 Å². The zero-order valence-corrected chi connectivity index (χ0v) is 15.2. The lowest BCUT2D eigenvalue weighted by Gasteiger charge is -2.10. The summed E-state index contributed by atoms with van der Waals surface area (Å²) < 4.78 is 77.4. The molecule has 0 saturated heterocycles. The predicted octanol–water partition coefficient (Wildman–Crippen LogP) is 5.73. The van der Waals surface area contributed by atoms with E-state index in [1.165, 1.54) is 36.7 Å². The highest BCUT2D eigenvalue weighted by atomic mass is 19.4. The summed E-state index contributed by atoms with van der Waals surface area (Å²) in [6.07, 6.45) is -2.06. The first-order valence-corrected chi connectivity index (χ1v) is 8.62. The number of halogens is 5. The van der Waals surface area contributed by atoms with Gasteiger partial charge in [0.25, 0.3) is 5.91 Å². The second-order valence-corrected chi connectivity index (χ2v) is 6.19. The number of alkyl halides is 5. The first-order chi connectivity index (χ1) is 14.7. The van der Waals surface area contributed by atoms with Crippen molar-refractivity contribution in [3.05, 3.63) is 60.4 Å². The number of aromatic nitrogens is 1. The van der Waals surface area contributed by atoms with Crippen molar-refractivity contribution in [3.63, 3.8) is 0 Å². The second-order valence-electron chi connectivity index (χ2n) is 6.19. The normalized spacial score (nSPS) is 11.8. The van der Waals surface area contributed by atoms with Gasteiger partial charge in [-0.25, -0.2) is 0 Å².